The van der Waals surface area contributed by atoms with Crippen LogP contribution in [0.4, 0.5) is 5.82 Å². The Balaban J connectivity index is 1.18. The van der Waals surface area contributed by atoms with Crippen molar-refractivity contribution in [2.24, 2.45) is 0 Å². The summed E-state index contributed by atoms with van der Waals surface area (Å²) in [5.74, 6) is 3.63. The van der Waals surface area contributed by atoms with Gasteiger partial charge in [0.05, 0.1) is 5.75 Å². The number of hydrogen-bond donors (Lipinski definition) is 0. The summed E-state index contributed by atoms with van der Waals surface area (Å²) in [7, 11) is 0. The molecule has 1 aromatic carbocycles. The van der Waals surface area contributed by atoms with Gasteiger partial charge in [-0.05, 0) is 25.1 Å². The van der Waals surface area contributed by atoms with E-state index in [-0.39, 0.29) is 5.91 Å². The van der Waals surface area contributed by atoms with Gasteiger partial charge in [-0.1, -0.05) is 0 Å². The molecule has 5 rings (SSSR count). The molecule has 0 spiro atoms. The van der Waals surface area contributed by atoms with Crippen molar-refractivity contribution in [3.8, 4) is 11.5 Å². The van der Waals surface area contributed by atoms with Crippen LogP contribution >= 0.6 is 11.8 Å². The van der Waals surface area contributed by atoms with Crippen LogP contribution in [-0.4, -0.2) is 75.5 Å². The number of benzene rings is 1. The van der Waals surface area contributed by atoms with Gasteiger partial charge in [0.1, 0.15) is 25.4 Å². The van der Waals surface area contributed by atoms with Crippen molar-refractivity contribution in [3.63, 3.8) is 0 Å². The second-order valence-electron chi connectivity index (χ2n) is 7.19. The number of aromatic nitrogens is 4. The van der Waals surface area contributed by atoms with E-state index in [1.807, 2.05) is 36.1 Å². The largest absolute Gasteiger partial charge is 0.486 e. The molecule has 10 heteroatoms. The van der Waals surface area contributed by atoms with Crippen molar-refractivity contribution in [2.75, 3.05) is 50.0 Å². The third-order valence-corrected chi connectivity index (χ3v) is 6.17. The zero-order valence-corrected chi connectivity index (χ0v) is 17.5. The maximum absolute atomic E-state index is 12.7. The predicted molar refractivity (Wildman–Crippen MR) is 112 cm³/mol. The number of thioether (sulfide) groups is 1. The summed E-state index contributed by atoms with van der Waals surface area (Å²) in [6.45, 7) is 5.94. The Kier molecular flexibility index (Phi) is 5.07. The van der Waals surface area contributed by atoms with Gasteiger partial charge in [0.15, 0.2) is 11.5 Å². The number of fused-ring (bicyclic) bond motifs is 2. The molecule has 1 fully saturated rings. The summed E-state index contributed by atoms with van der Waals surface area (Å²) in [6, 6.07) is 7.83. The van der Waals surface area contributed by atoms with Crippen LogP contribution in [0, 0.1) is 6.92 Å². The molecule has 0 atom stereocenters. The van der Waals surface area contributed by atoms with Crippen LogP contribution in [0.3, 0.4) is 0 Å². The fourth-order valence-corrected chi connectivity index (χ4v) is 4.50. The van der Waals surface area contributed by atoms with Gasteiger partial charge >= 0.3 is 0 Å². The molecule has 2 aromatic heterocycles. The van der Waals surface area contributed by atoms with E-state index in [1.165, 1.54) is 18.1 Å². The van der Waals surface area contributed by atoms with E-state index in [2.05, 4.69) is 20.0 Å². The third kappa shape index (κ3) is 3.74. The summed E-state index contributed by atoms with van der Waals surface area (Å²) in [4.78, 5) is 26.5. The predicted octanol–water partition coefficient (Wildman–Crippen LogP) is 1.64. The Bertz CT molecular complexity index is 1080. The van der Waals surface area contributed by atoms with Gasteiger partial charge < -0.3 is 19.3 Å². The van der Waals surface area contributed by atoms with Crippen molar-refractivity contribution < 1.29 is 14.3 Å². The maximum Gasteiger partial charge on any atom is 0.254 e. The molecule has 1 amide bonds. The second kappa shape index (κ2) is 8.02. The summed E-state index contributed by atoms with van der Waals surface area (Å²) in [5, 5.41) is 4.28. The van der Waals surface area contributed by atoms with Crippen LogP contribution in [0.5, 0.6) is 11.5 Å². The molecule has 3 aromatic rings. The van der Waals surface area contributed by atoms with Crippen molar-refractivity contribution in [1.82, 2.24) is 24.5 Å². The van der Waals surface area contributed by atoms with Gasteiger partial charge in [0.25, 0.3) is 5.78 Å². The van der Waals surface area contributed by atoms with Crippen LogP contribution < -0.4 is 14.4 Å². The van der Waals surface area contributed by atoms with E-state index < -0.39 is 0 Å². The lowest BCUT2D eigenvalue weighted by Gasteiger charge is -2.36. The highest BCUT2D eigenvalue weighted by Gasteiger charge is 2.23. The lowest BCUT2D eigenvalue weighted by Crippen LogP contribution is -2.49. The van der Waals surface area contributed by atoms with E-state index in [0.29, 0.717) is 37.8 Å². The van der Waals surface area contributed by atoms with E-state index in [1.54, 1.807) is 4.52 Å². The van der Waals surface area contributed by atoms with Crippen molar-refractivity contribution in [2.45, 2.75) is 11.8 Å². The minimum atomic E-state index is 0.145. The van der Waals surface area contributed by atoms with Gasteiger partial charge in [0, 0.05) is 42.8 Å². The van der Waals surface area contributed by atoms with Crippen LogP contribution in [0.25, 0.3) is 5.78 Å². The first-order valence-electron chi connectivity index (χ1n) is 9.90. The topological polar surface area (TPSA) is 85.1 Å². The molecular formula is C20H22N6O3S. The van der Waals surface area contributed by atoms with E-state index >= 15 is 0 Å². The molecule has 0 unspecified atom stereocenters. The first-order valence-corrected chi connectivity index (χ1v) is 10.9. The first kappa shape index (κ1) is 19.0. The third-order valence-electron chi connectivity index (χ3n) is 5.19. The fourth-order valence-electron chi connectivity index (χ4n) is 3.67. The number of ether oxygens (including phenoxy) is 2. The molecule has 2 aliphatic heterocycles. The number of carbonyl (C=O) groups is 1. The molecular weight excluding hydrogens is 404 g/mol. The van der Waals surface area contributed by atoms with Crippen LogP contribution in [0.15, 0.2) is 35.5 Å². The monoisotopic (exact) mass is 426 g/mol. The highest BCUT2D eigenvalue weighted by atomic mass is 32.2. The lowest BCUT2D eigenvalue weighted by molar-refractivity contribution is -0.128. The van der Waals surface area contributed by atoms with Crippen molar-refractivity contribution in [3.05, 3.63) is 36.3 Å². The number of aryl methyl sites for hydroxylation is 1. The standard InChI is InChI=1S/C20H22N6O3S/c1-14-10-18(26-20(23-14)21-13-22-26)24-4-6-25(7-5-24)19(27)12-30-15-2-3-16-17(11-15)29-9-8-28-16/h2-3,10-11,13H,4-9,12H2,1H3. The maximum atomic E-state index is 12.7. The molecule has 1 saturated heterocycles. The first-order chi connectivity index (χ1) is 14.7. The van der Waals surface area contributed by atoms with Crippen LogP contribution in [-0.2, 0) is 4.79 Å². The fraction of sp³-hybridized carbons (Fsp3) is 0.400. The Hall–Kier alpha value is -3.01. The van der Waals surface area contributed by atoms with E-state index in [9.17, 15) is 4.79 Å². The number of hydrogen-bond acceptors (Lipinski definition) is 8. The number of carbonyl (C=O) groups excluding carboxylic acids is 1. The molecule has 156 valence electrons. The molecule has 0 bridgehead atoms. The average Bonchev–Trinajstić information content (AvgIpc) is 3.25. The van der Waals surface area contributed by atoms with Crippen molar-refractivity contribution >= 4 is 29.3 Å². The summed E-state index contributed by atoms with van der Waals surface area (Å²) >= 11 is 1.53. The quantitative estimate of drug-likeness (QED) is 0.582. The van der Waals surface area contributed by atoms with Gasteiger partial charge in [-0.25, -0.2) is 4.98 Å². The SMILES string of the molecule is Cc1cc(N2CCN(C(=O)CSc3ccc4c(c3)OCCO4)CC2)n2ncnc2n1. The average molecular weight is 427 g/mol. The Morgan fingerprint density at radius 2 is 1.90 bits per heavy atom. The molecule has 2 aliphatic rings. The lowest BCUT2D eigenvalue weighted by atomic mass is 10.3. The molecule has 30 heavy (non-hydrogen) atoms. The van der Waals surface area contributed by atoms with E-state index in [4.69, 9.17) is 9.47 Å². The zero-order valence-electron chi connectivity index (χ0n) is 16.7. The normalized spacial score (nSPS) is 16.2. The molecule has 0 saturated carbocycles. The minimum Gasteiger partial charge on any atom is -0.486 e. The number of piperazine rings is 1. The second-order valence-corrected chi connectivity index (χ2v) is 8.24. The summed E-state index contributed by atoms with van der Waals surface area (Å²) in [6.07, 6.45) is 1.51. The molecule has 0 N–H and O–H groups in total. The van der Waals surface area contributed by atoms with Crippen molar-refractivity contribution in [1.29, 1.82) is 0 Å². The number of anilines is 1. The highest BCUT2D eigenvalue weighted by molar-refractivity contribution is 8.00. The zero-order chi connectivity index (χ0) is 20.5. The summed E-state index contributed by atoms with van der Waals surface area (Å²) in [5.41, 5.74) is 0.903. The highest BCUT2D eigenvalue weighted by Crippen LogP contribution is 2.34. The molecule has 4 heterocycles. The molecule has 0 aliphatic carbocycles. The Labute approximate surface area is 178 Å². The van der Waals surface area contributed by atoms with Crippen LogP contribution in [0.1, 0.15) is 5.69 Å². The summed E-state index contributed by atoms with van der Waals surface area (Å²) < 4.78 is 12.9. The smallest absolute Gasteiger partial charge is 0.254 e. The molecule has 0 radical (unpaired) electrons. The number of nitrogens with zero attached hydrogens (tertiary/aromatic N) is 6. The van der Waals surface area contributed by atoms with Gasteiger partial charge in [-0.15, -0.1) is 11.8 Å². The van der Waals surface area contributed by atoms with E-state index in [0.717, 1.165) is 41.0 Å². The van der Waals surface area contributed by atoms with Crippen LogP contribution in [0.2, 0.25) is 0 Å². The van der Waals surface area contributed by atoms with Gasteiger partial charge in [-0.2, -0.15) is 14.6 Å². The van der Waals surface area contributed by atoms with Gasteiger partial charge in [0.2, 0.25) is 5.91 Å². The molecule has 9 nitrogen and oxygen atoms in total. The number of amides is 1. The Morgan fingerprint density at radius 1 is 1.10 bits per heavy atom. The van der Waals surface area contributed by atoms with Gasteiger partial charge in [-0.3, -0.25) is 4.79 Å². The minimum absolute atomic E-state index is 0.145. The number of rotatable bonds is 4. The Morgan fingerprint density at radius 3 is 2.73 bits per heavy atom.